The van der Waals surface area contributed by atoms with Gasteiger partial charge < -0.3 is 8.94 Å². The summed E-state index contributed by atoms with van der Waals surface area (Å²) in [6.07, 6.45) is 1.67. The molecule has 0 N–H and O–H groups in total. The monoisotopic (exact) mass is 395 g/mol. The van der Waals surface area contributed by atoms with Gasteiger partial charge in [-0.25, -0.2) is 0 Å². The lowest BCUT2D eigenvalue weighted by Crippen LogP contribution is -2.04. The first-order valence-corrected chi connectivity index (χ1v) is 10.1. The second-order valence-electron chi connectivity index (χ2n) is 6.76. The molecule has 3 aromatic heterocycles. The van der Waals surface area contributed by atoms with Crippen LogP contribution in [0, 0.1) is 6.92 Å². The molecule has 8 heteroatoms. The second-order valence-corrected chi connectivity index (χ2v) is 7.70. The minimum absolute atomic E-state index is 0.212. The van der Waals surface area contributed by atoms with Crippen molar-refractivity contribution in [1.29, 1.82) is 0 Å². The molecule has 0 saturated heterocycles. The Morgan fingerprint density at radius 3 is 2.61 bits per heavy atom. The summed E-state index contributed by atoms with van der Waals surface area (Å²) in [5.41, 5.74) is 2.12. The van der Waals surface area contributed by atoms with Crippen LogP contribution in [0.5, 0.6) is 0 Å². The van der Waals surface area contributed by atoms with Gasteiger partial charge in [0.05, 0.1) is 24.1 Å². The van der Waals surface area contributed by atoms with E-state index in [0.717, 1.165) is 22.3 Å². The van der Waals surface area contributed by atoms with Crippen LogP contribution in [0.3, 0.4) is 0 Å². The van der Waals surface area contributed by atoms with Crippen molar-refractivity contribution < 1.29 is 8.94 Å². The molecule has 1 aromatic carbocycles. The molecule has 4 rings (SSSR count). The molecule has 0 bridgehead atoms. The minimum Gasteiger partial charge on any atom is -0.469 e. The molecule has 4 aromatic rings. The molecule has 0 saturated carbocycles. The van der Waals surface area contributed by atoms with E-state index in [0.29, 0.717) is 24.0 Å². The molecular formula is C20H21N5O2S. The topological polar surface area (TPSA) is 82.8 Å². The van der Waals surface area contributed by atoms with E-state index in [4.69, 9.17) is 8.94 Å². The zero-order chi connectivity index (χ0) is 19.5. The molecule has 7 nitrogen and oxygen atoms in total. The summed E-state index contributed by atoms with van der Waals surface area (Å²) in [6, 6.07) is 12.2. The van der Waals surface area contributed by atoms with Gasteiger partial charge in [-0.3, -0.25) is 4.57 Å². The Morgan fingerprint density at radius 1 is 1.11 bits per heavy atom. The maximum absolute atomic E-state index is 5.47. The highest BCUT2D eigenvalue weighted by molar-refractivity contribution is 7.98. The number of aryl methyl sites for hydroxylation is 1. The molecule has 0 spiro atoms. The predicted octanol–water partition coefficient (Wildman–Crippen LogP) is 4.69. The average Bonchev–Trinajstić information content (AvgIpc) is 3.41. The van der Waals surface area contributed by atoms with E-state index in [-0.39, 0.29) is 5.92 Å². The first-order chi connectivity index (χ1) is 13.6. The quantitative estimate of drug-likeness (QED) is 0.420. The Balaban J connectivity index is 1.62. The summed E-state index contributed by atoms with van der Waals surface area (Å²) >= 11 is 1.54. The third kappa shape index (κ3) is 3.87. The Morgan fingerprint density at radius 2 is 1.93 bits per heavy atom. The normalized spacial score (nSPS) is 11.4. The van der Waals surface area contributed by atoms with Gasteiger partial charge in [0.1, 0.15) is 5.76 Å². The van der Waals surface area contributed by atoms with E-state index >= 15 is 0 Å². The molecule has 0 radical (unpaired) electrons. The van der Waals surface area contributed by atoms with E-state index < -0.39 is 0 Å². The van der Waals surface area contributed by atoms with Crippen LogP contribution in [-0.2, 0) is 12.3 Å². The Kier molecular flexibility index (Phi) is 5.29. The largest absolute Gasteiger partial charge is 0.469 e. The molecule has 0 unspecified atom stereocenters. The number of hydrogen-bond acceptors (Lipinski definition) is 7. The molecule has 0 fully saturated rings. The number of benzene rings is 1. The first kappa shape index (κ1) is 18.5. The summed E-state index contributed by atoms with van der Waals surface area (Å²) in [4.78, 5) is 4.44. The van der Waals surface area contributed by atoms with Crippen molar-refractivity contribution in [3.05, 3.63) is 65.7 Å². The van der Waals surface area contributed by atoms with Crippen LogP contribution in [0.2, 0.25) is 0 Å². The number of furan rings is 1. The molecule has 0 aliphatic heterocycles. The Bertz CT molecular complexity index is 1050. The number of hydrogen-bond donors (Lipinski definition) is 0. The maximum Gasteiger partial charge on any atom is 0.229 e. The zero-order valence-corrected chi connectivity index (χ0v) is 16.8. The molecular weight excluding hydrogens is 374 g/mol. The summed E-state index contributed by atoms with van der Waals surface area (Å²) in [6.45, 7) is 6.65. The van der Waals surface area contributed by atoms with E-state index in [1.807, 2.05) is 45.0 Å². The number of aromatic nitrogens is 5. The van der Waals surface area contributed by atoms with E-state index in [1.54, 1.807) is 18.0 Å². The smallest absolute Gasteiger partial charge is 0.229 e. The standard InChI is InChI=1S/C20H21N5O2S/c1-13(2)19-21-17(24-27-19)12-28-20-23-22-18(16-9-10-26-14(16)3)25(20)11-15-7-5-4-6-8-15/h4-10,13H,11-12H2,1-3H3. The highest BCUT2D eigenvalue weighted by Crippen LogP contribution is 2.29. The second kappa shape index (κ2) is 8.02. The number of nitrogens with zero attached hydrogens (tertiary/aromatic N) is 5. The number of thioether (sulfide) groups is 1. The lowest BCUT2D eigenvalue weighted by Gasteiger charge is -2.09. The van der Waals surface area contributed by atoms with Crippen LogP contribution in [0.15, 0.2) is 56.8 Å². The fraction of sp³-hybridized carbons (Fsp3) is 0.300. The first-order valence-electron chi connectivity index (χ1n) is 9.08. The van der Waals surface area contributed by atoms with Gasteiger partial charge in [0, 0.05) is 5.92 Å². The van der Waals surface area contributed by atoms with Gasteiger partial charge in [-0.05, 0) is 18.6 Å². The maximum atomic E-state index is 5.47. The minimum atomic E-state index is 0.212. The van der Waals surface area contributed by atoms with Gasteiger partial charge >= 0.3 is 0 Å². The molecule has 3 heterocycles. The van der Waals surface area contributed by atoms with Crippen molar-refractivity contribution in [2.45, 2.75) is 44.1 Å². The van der Waals surface area contributed by atoms with E-state index in [1.165, 1.54) is 5.56 Å². The Hall–Kier alpha value is -2.87. The lowest BCUT2D eigenvalue weighted by molar-refractivity contribution is 0.362. The van der Waals surface area contributed by atoms with E-state index in [9.17, 15) is 0 Å². The van der Waals surface area contributed by atoms with Gasteiger partial charge in [0.25, 0.3) is 0 Å². The van der Waals surface area contributed by atoms with Crippen LogP contribution < -0.4 is 0 Å². The molecule has 0 atom stereocenters. The summed E-state index contributed by atoms with van der Waals surface area (Å²) < 4.78 is 12.9. The van der Waals surface area contributed by atoms with Crippen LogP contribution in [-0.4, -0.2) is 24.9 Å². The van der Waals surface area contributed by atoms with Crippen molar-refractivity contribution in [3.63, 3.8) is 0 Å². The van der Waals surface area contributed by atoms with Crippen molar-refractivity contribution >= 4 is 11.8 Å². The van der Waals surface area contributed by atoms with Crippen LogP contribution in [0.1, 0.15) is 42.8 Å². The zero-order valence-electron chi connectivity index (χ0n) is 16.0. The summed E-state index contributed by atoms with van der Waals surface area (Å²) in [7, 11) is 0. The lowest BCUT2D eigenvalue weighted by atomic mass is 10.2. The van der Waals surface area contributed by atoms with Crippen molar-refractivity contribution in [2.24, 2.45) is 0 Å². The SMILES string of the molecule is Cc1occc1-c1nnc(SCc2noc(C(C)C)n2)n1Cc1ccccc1. The molecule has 0 aliphatic carbocycles. The summed E-state index contributed by atoms with van der Waals surface area (Å²) in [5.74, 6) is 3.68. The number of rotatable bonds is 7. The molecule has 0 amide bonds. The highest BCUT2D eigenvalue weighted by Gasteiger charge is 2.19. The highest BCUT2D eigenvalue weighted by atomic mass is 32.2. The van der Waals surface area contributed by atoms with Crippen molar-refractivity contribution in [2.75, 3.05) is 0 Å². The molecule has 0 aliphatic rings. The van der Waals surface area contributed by atoms with Gasteiger partial charge in [0.2, 0.25) is 5.89 Å². The van der Waals surface area contributed by atoms with Crippen molar-refractivity contribution in [1.82, 2.24) is 24.9 Å². The van der Waals surface area contributed by atoms with Gasteiger partial charge in [-0.15, -0.1) is 10.2 Å². The third-order valence-electron chi connectivity index (χ3n) is 4.31. The van der Waals surface area contributed by atoms with Crippen LogP contribution in [0.25, 0.3) is 11.4 Å². The predicted molar refractivity (Wildman–Crippen MR) is 106 cm³/mol. The average molecular weight is 395 g/mol. The van der Waals surface area contributed by atoms with Gasteiger partial charge in [-0.1, -0.05) is 61.1 Å². The van der Waals surface area contributed by atoms with Crippen molar-refractivity contribution in [3.8, 4) is 11.4 Å². The summed E-state index contributed by atoms with van der Waals surface area (Å²) in [5, 5.41) is 13.7. The Labute approximate surface area is 167 Å². The molecule has 144 valence electrons. The fourth-order valence-corrected chi connectivity index (χ4v) is 3.59. The van der Waals surface area contributed by atoms with Crippen LogP contribution in [0.4, 0.5) is 0 Å². The van der Waals surface area contributed by atoms with Gasteiger partial charge in [0.15, 0.2) is 16.8 Å². The fourth-order valence-electron chi connectivity index (χ4n) is 2.81. The van der Waals surface area contributed by atoms with E-state index in [2.05, 4.69) is 37.0 Å². The molecule has 28 heavy (non-hydrogen) atoms. The third-order valence-corrected chi connectivity index (χ3v) is 5.27. The van der Waals surface area contributed by atoms with Gasteiger partial charge in [-0.2, -0.15) is 4.98 Å². The van der Waals surface area contributed by atoms with Crippen LogP contribution >= 0.6 is 11.8 Å².